The summed E-state index contributed by atoms with van der Waals surface area (Å²) in [5.74, 6) is 0.0846. The number of anilines is 1. The zero-order chi connectivity index (χ0) is 27.7. The molecule has 0 aliphatic carbocycles. The summed E-state index contributed by atoms with van der Waals surface area (Å²) in [5, 5.41) is 3.94. The Labute approximate surface area is 223 Å². The van der Waals surface area contributed by atoms with E-state index in [1.807, 2.05) is 52.8 Å². The van der Waals surface area contributed by atoms with Gasteiger partial charge in [0.1, 0.15) is 16.6 Å². The maximum absolute atomic E-state index is 13.0. The molecule has 0 saturated carbocycles. The van der Waals surface area contributed by atoms with Crippen molar-refractivity contribution in [3.8, 4) is 17.1 Å². The Morgan fingerprint density at radius 3 is 2.50 bits per heavy atom. The highest BCUT2D eigenvalue weighted by Gasteiger charge is 2.29. The van der Waals surface area contributed by atoms with Crippen LogP contribution in [-0.2, 0) is 21.8 Å². The van der Waals surface area contributed by atoms with Crippen LogP contribution in [0.4, 0.5) is 10.7 Å². The Balaban J connectivity index is 1.65. The van der Waals surface area contributed by atoms with E-state index in [-0.39, 0.29) is 22.8 Å². The first kappa shape index (κ1) is 27.4. The third-order valence-corrected chi connectivity index (χ3v) is 7.26. The third-order valence-electron chi connectivity index (χ3n) is 5.97. The zero-order valence-corrected chi connectivity index (χ0v) is 23.4. The molecule has 1 N–H and O–H groups in total. The van der Waals surface area contributed by atoms with E-state index in [1.165, 1.54) is 17.1 Å². The number of piperidine rings is 1. The predicted molar refractivity (Wildman–Crippen MR) is 142 cm³/mol. The van der Waals surface area contributed by atoms with Crippen LogP contribution in [0.15, 0.2) is 41.6 Å². The number of nitrogens with one attached hydrogen (secondary N) is 1. The van der Waals surface area contributed by atoms with Crippen LogP contribution >= 0.6 is 0 Å². The fraction of sp³-hybridized carbons (Fsp3) is 0.462. The van der Waals surface area contributed by atoms with E-state index in [0.29, 0.717) is 25.2 Å². The number of carbonyl (C=O) groups excluding carboxylic acids is 1. The number of sulfonamides is 1. The van der Waals surface area contributed by atoms with E-state index in [9.17, 15) is 13.2 Å². The summed E-state index contributed by atoms with van der Waals surface area (Å²) in [4.78, 5) is 23.1. The van der Waals surface area contributed by atoms with Crippen molar-refractivity contribution in [2.45, 2.75) is 64.1 Å². The van der Waals surface area contributed by atoms with Crippen molar-refractivity contribution in [2.24, 2.45) is 7.05 Å². The van der Waals surface area contributed by atoms with Crippen LogP contribution < -0.4 is 9.46 Å². The average molecular weight is 543 g/mol. The topological polar surface area (TPSA) is 129 Å². The number of nitrogens with zero attached hydrogens (tertiary/aromatic N) is 5. The molecule has 1 aliphatic heterocycles. The molecule has 3 aromatic rings. The Kier molecular flexibility index (Phi) is 7.63. The van der Waals surface area contributed by atoms with Crippen LogP contribution in [0.5, 0.6) is 5.88 Å². The number of ether oxygens (including phenoxy) is 2. The lowest BCUT2D eigenvalue weighted by Gasteiger charge is -2.34. The number of likely N-dealkylation sites (tertiary alicyclic amines) is 1. The maximum atomic E-state index is 13.0. The van der Waals surface area contributed by atoms with Crippen LogP contribution in [0.3, 0.4) is 0 Å². The average Bonchev–Trinajstić information content (AvgIpc) is 3.25. The van der Waals surface area contributed by atoms with Crippen molar-refractivity contribution in [3.63, 3.8) is 0 Å². The minimum Gasteiger partial charge on any atom is -0.472 e. The fourth-order valence-corrected chi connectivity index (χ4v) is 5.22. The lowest BCUT2D eigenvalue weighted by Crippen LogP contribution is -2.46. The number of hydrogen-bond donors (Lipinski definition) is 1. The highest BCUT2D eigenvalue weighted by atomic mass is 32.2. The Morgan fingerprint density at radius 2 is 1.87 bits per heavy atom. The Morgan fingerprint density at radius 1 is 1.16 bits per heavy atom. The minimum atomic E-state index is -3.98. The second-order valence-corrected chi connectivity index (χ2v) is 12.1. The van der Waals surface area contributed by atoms with Gasteiger partial charge in [0, 0.05) is 31.4 Å². The van der Waals surface area contributed by atoms with E-state index < -0.39 is 21.7 Å². The molecule has 204 valence electrons. The van der Waals surface area contributed by atoms with Crippen LogP contribution in [0, 0.1) is 13.8 Å². The SMILES string of the molecule is Cc1cccc(C)c1-c1cc(OC2CCCN(C(=O)OC(C)(C)C)C2)nc(NS(=O)(=O)c2cnn(C)c2)n1. The standard InChI is InChI=1S/C26H34N6O5S/c1-17-9-7-10-18(2)23(17)21-13-22(29-24(28-21)30-38(34,35)20-14-27-31(6)16-20)36-19-11-8-12-32(15-19)25(33)37-26(3,4)5/h7,9-10,13-14,16,19H,8,11-12,15H2,1-6H3,(H,28,29,30). The quantitative estimate of drug-likeness (QED) is 0.494. The molecule has 3 heterocycles. The molecule has 4 rings (SSSR count). The molecule has 12 heteroatoms. The van der Waals surface area contributed by atoms with Gasteiger partial charge in [-0.25, -0.2) is 22.9 Å². The molecule has 38 heavy (non-hydrogen) atoms. The molecular formula is C26H34N6O5S. The summed E-state index contributed by atoms with van der Waals surface area (Å²) in [7, 11) is -2.35. The summed E-state index contributed by atoms with van der Waals surface area (Å²) in [6.07, 6.45) is 3.34. The first-order valence-corrected chi connectivity index (χ1v) is 13.9. The van der Waals surface area contributed by atoms with Gasteiger partial charge in [-0.3, -0.25) is 4.68 Å². The molecule has 1 atom stereocenters. The van der Waals surface area contributed by atoms with Crippen molar-refractivity contribution < 1.29 is 22.7 Å². The largest absolute Gasteiger partial charge is 0.472 e. The molecule has 0 bridgehead atoms. The Hall–Kier alpha value is -3.67. The smallest absolute Gasteiger partial charge is 0.410 e. The first-order valence-electron chi connectivity index (χ1n) is 12.4. The summed E-state index contributed by atoms with van der Waals surface area (Å²) in [5.41, 5.74) is 2.74. The molecule has 2 aromatic heterocycles. The van der Waals surface area contributed by atoms with E-state index in [1.54, 1.807) is 18.0 Å². The number of rotatable bonds is 6. The number of amides is 1. The van der Waals surface area contributed by atoms with Crippen molar-refractivity contribution in [2.75, 3.05) is 17.8 Å². The van der Waals surface area contributed by atoms with Gasteiger partial charge in [-0.1, -0.05) is 18.2 Å². The molecule has 0 radical (unpaired) electrons. The van der Waals surface area contributed by atoms with Gasteiger partial charge in [0.25, 0.3) is 10.0 Å². The molecule has 1 fully saturated rings. The van der Waals surface area contributed by atoms with E-state index in [4.69, 9.17) is 9.47 Å². The van der Waals surface area contributed by atoms with E-state index in [0.717, 1.165) is 23.1 Å². The van der Waals surface area contributed by atoms with Crippen molar-refractivity contribution >= 4 is 22.1 Å². The number of hydrogen-bond acceptors (Lipinski definition) is 8. The highest BCUT2D eigenvalue weighted by Crippen LogP contribution is 2.30. The van der Waals surface area contributed by atoms with Gasteiger partial charge in [0.2, 0.25) is 11.8 Å². The van der Waals surface area contributed by atoms with Gasteiger partial charge in [-0.2, -0.15) is 10.1 Å². The normalized spacial score (nSPS) is 16.3. The molecule has 11 nitrogen and oxygen atoms in total. The lowest BCUT2D eigenvalue weighted by molar-refractivity contribution is 0.00722. The monoisotopic (exact) mass is 542 g/mol. The van der Waals surface area contributed by atoms with Crippen LogP contribution in [0.25, 0.3) is 11.3 Å². The molecule has 0 spiro atoms. The van der Waals surface area contributed by atoms with Crippen molar-refractivity contribution in [3.05, 3.63) is 47.8 Å². The lowest BCUT2D eigenvalue weighted by atomic mass is 10.00. The molecule has 1 aliphatic rings. The third kappa shape index (κ3) is 6.60. The van der Waals surface area contributed by atoms with Crippen LogP contribution in [0.1, 0.15) is 44.7 Å². The molecular weight excluding hydrogens is 508 g/mol. The molecule has 1 unspecified atom stereocenters. The Bertz CT molecular complexity index is 1410. The van der Waals surface area contributed by atoms with Crippen molar-refractivity contribution in [1.29, 1.82) is 0 Å². The van der Waals surface area contributed by atoms with E-state index >= 15 is 0 Å². The fourth-order valence-electron chi connectivity index (χ4n) is 4.29. The second-order valence-electron chi connectivity index (χ2n) is 10.4. The zero-order valence-electron chi connectivity index (χ0n) is 22.6. The number of carbonyl (C=O) groups is 1. The van der Waals surface area contributed by atoms with Crippen LogP contribution in [-0.4, -0.2) is 64.0 Å². The summed E-state index contributed by atoms with van der Waals surface area (Å²) in [6.45, 7) is 10.3. The van der Waals surface area contributed by atoms with Gasteiger partial charge < -0.3 is 14.4 Å². The van der Waals surface area contributed by atoms with Crippen LogP contribution in [0.2, 0.25) is 0 Å². The van der Waals surface area contributed by atoms with Gasteiger partial charge >= 0.3 is 6.09 Å². The molecule has 1 aromatic carbocycles. The number of benzene rings is 1. The number of aromatic nitrogens is 4. The van der Waals surface area contributed by atoms with Crippen molar-refractivity contribution in [1.82, 2.24) is 24.6 Å². The highest BCUT2D eigenvalue weighted by molar-refractivity contribution is 7.92. The maximum Gasteiger partial charge on any atom is 0.410 e. The molecule has 1 amide bonds. The van der Waals surface area contributed by atoms with E-state index in [2.05, 4.69) is 19.8 Å². The summed E-state index contributed by atoms with van der Waals surface area (Å²) >= 11 is 0. The first-order chi connectivity index (χ1) is 17.8. The predicted octanol–water partition coefficient (Wildman–Crippen LogP) is 4.07. The summed E-state index contributed by atoms with van der Waals surface area (Å²) < 4.78 is 41.6. The second kappa shape index (κ2) is 10.6. The van der Waals surface area contributed by atoms with Gasteiger partial charge in [-0.05, 0) is 58.6 Å². The summed E-state index contributed by atoms with van der Waals surface area (Å²) in [6, 6.07) is 7.57. The van der Waals surface area contributed by atoms with Gasteiger partial charge in [-0.15, -0.1) is 0 Å². The number of aryl methyl sites for hydroxylation is 3. The minimum absolute atomic E-state index is 0.0103. The van der Waals surface area contributed by atoms with Gasteiger partial charge in [0.15, 0.2) is 0 Å². The van der Waals surface area contributed by atoms with Gasteiger partial charge in [0.05, 0.1) is 18.4 Å². The molecule has 1 saturated heterocycles.